The lowest BCUT2D eigenvalue weighted by Gasteiger charge is -2.45. The smallest absolute Gasteiger partial charge is 0.407 e. The maximum absolute atomic E-state index is 12.8. The van der Waals surface area contributed by atoms with Gasteiger partial charge in [-0.3, -0.25) is 4.79 Å². The molecule has 5 nitrogen and oxygen atoms in total. The van der Waals surface area contributed by atoms with Gasteiger partial charge in [-0.2, -0.15) is 0 Å². The summed E-state index contributed by atoms with van der Waals surface area (Å²) < 4.78 is 5.70. The van der Waals surface area contributed by atoms with E-state index in [-0.39, 0.29) is 12.5 Å². The number of carboxylic acids is 1. The van der Waals surface area contributed by atoms with Crippen molar-refractivity contribution in [3.8, 4) is 11.1 Å². The zero-order valence-corrected chi connectivity index (χ0v) is 17.9. The zero-order chi connectivity index (χ0) is 21.6. The second-order valence-corrected chi connectivity index (χ2v) is 9.67. The fourth-order valence-electron chi connectivity index (χ4n) is 4.84. The van der Waals surface area contributed by atoms with Gasteiger partial charge in [-0.05, 0) is 54.2 Å². The molecule has 0 radical (unpaired) electrons. The van der Waals surface area contributed by atoms with Crippen molar-refractivity contribution in [3.05, 3.63) is 81.5 Å². The molecule has 1 aromatic heterocycles. The molecule has 0 unspecified atom stereocenters. The molecule has 0 bridgehead atoms. The molecule has 2 N–H and O–H groups in total. The van der Waals surface area contributed by atoms with Crippen LogP contribution in [0.5, 0.6) is 0 Å². The Morgan fingerprint density at radius 1 is 1.03 bits per heavy atom. The number of hydrogen-bond acceptors (Lipinski definition) is 4. The number of carboxylic acid groups (broad SMARTS) is 1. The van der Waals surface area contributed by atoms with Gasteiger partial charge in [0.25, 0.3) is 0 Å². The summed E-state index contributed by atoms with van der Waals surface area (Å²) in [6.07, 6.45) is 0.260. The molecule has 2 aliphatic rings. The van der Waals surface area contributed by atoms with Gasteiger partial charge in [0.1, 0.15) is 6.61 Å². The molecule has 0 aliphatic heterocycles. The molecule has 1 heterocycles. The number of aryl methyl sites for hydroxylation is 1. The SMILES string of the molecule is Cc1ccc(C2(NC(=O)OCC3c4ccccc4-c4ccccc43)CC(C(=O)O)C2)s1. The summed E-state index contributed by atoms with van der Waals surface area (Å²) in [7, 11) is 0. The molecule has 0 saturated heterocycles. The topological polar surface area (TPSA) is 75.6 Å². The monoisotopic (exact) mass is 433 g/mol. The Labute approximate surface area is 184 Å². The molecular weight excluding hydrogens is 410 g/mol. The van der Waals surface area contributed by atoms with Crippen LogP contribution in [0, 0.1) is 12.8 Å². The van der Waals surface area contributed by atoms with Crippen molar-refractivity contribution < 1.29 is 19.4 Å². The number of rotatable bonds is 5. The normalized spacial score (nSPS) is 21.6. The van der Waals surface area contributed by atoms with Crippen molar-refractivity contribution in [2.24, 2.45) is 5.92 Å². The summed E-state index contributed by atoms with van der Waals surface area (Å²) in [5, 5.41) is 12.3. The van der Waals surface area contributed by atoms with Crippen LogP contribution >= 0.6 is 11.3 Å². The van der Waals surface area contributed by atoms with Crippen LogP contribution in [-0.4, -0.2) is 23.8 Å². The number of aliphatic carboxylic acids is 1. The predicted molar refractivity (Wildman–Crippen MR) is 119 cm³/mol. The quantitative estimate of drug-likeness (QED) is 0.574. The first-order valence-electron chi connectivity index (χ1n) is 10.4. The van der Waals surface area contributed by atoms with E-state index < -0.39 is 23.5 Å². The summed E-state index contributed by atoms with van der Waals surface area (Å²) in [6, 6.07) is 20.4. The van der Waals surface area contributed by atoms with Crippen LogP contribution in [0.3, 0.4) is 0 Å². The number of thiophene rings is 1. The standard InChI is InChI=1S/C25H23NO4S/c1-15-10-11-22(31-15)25(12-16(13-25)23(27)28)26-24(29)30-14-21-19-8-4-2-6-17(19)18-7-3-5-9-20(18)21/h2-11,16,21H,12-14H2,1H3,(H,26,29)(H,27,28). The summed E-state index contributed by atoms with van der Waals surface area (Å²) in [4.78, 5) is 26.3. The molecule has 2 aromatic carbocycles. The lowest BCUT2D eigenvalue weighted by molar-refractivity contribution is -0.148. The van der Waals surface area contributed by atoms with Gasteiger partial charge in [0.15, 0.2) is 0 Å². The van der Waals surface area contributed by atoms with Crippen molar-refractivity contribution in [2.75, 3.05) is 6.61 Å². The third kappa shape index (κ3) is 3.41. The molecule has 158 valence electrons. The molecule has 2 aliphatic carbocycles. The van der Waals surface area contributed by atoms with Gasteiger partial charge in [0.2, 0.25) is 0 Å². The maximum Gasteiger partial charge on any atom is 0.407 e. The third-order valence-corrected chi connectivity index (χ3v) is 7.64. The van der Waals surface area contributed by atoms with Crippen LogP contribution in [0.15, 0.2) is 60.7 Å². The van der Waals surface area contributed by atoms with Crippen LogP contribution in [0.2, 0.25) is 0 Å². The van der Waals surface area contributed by atoms with E-state index in [2.05, 4.69) is 29.6 Å². The average Bonchev–Trinajstić information content (AvgIpc) is 3.30. The molecule has 3 aromatic rings. The number of carbonyl (C=O) groups is 2. The number of hydrogen-bond donors (Lipinski definition) is 2. The summed E-state index contributed by atoms with van der Waals surface area (Å²) in [5.74, 6) is -1.28. The number of amides is 1. The molecular formula is C25H23NO4S. The molecule has 1 saturated carbocycles. The predicted octanol–water partition coefficient (Wildman–Crippen LogP) is 5.29. The fraction of sp³-hybridized carbons (Fsp3) is 0.280. The van der Waals surface area contributed by atoms with E-state index in [9.17, 15) is 14.7 Å². The molecule has 0 spiro atoms. The Bertz CT molecular complexity index is 1120. The van der Waals surface area contributed by atoms with E-state index in [1.807, 2.05) is 43.3 Å². The van der Waals surface area contributed by atoms with Gasteiger partial charge in [0.05, 0.1) is 11.5 Å². The van der Waals surface area contributed by atoms with Gasteiger partial charge in [0, 0.05) is 15.7 Å². The number of ether oxygens (including phenoxy) is 1. The minimum Gasteiger partial charge on any atom is -0.481 e. The first-order valence-corrected chi connectivity index (χ1v) is 11.2. The molecule has 1 fully saturated rings. The Morgan fingerprint density at radius 3 is 2.19 bits per heavy atom. The van der Waals surface area contributed by atoms with Gasteiger partial charge >= 0.3 is 12.1 Å². The van der Waals surface area contributed by atoms with Crippen molar-refractivity contribution >= 4 is 23.4 Å². The minimum atomic E-state index is -0.821. The average molecular weight is 434 g/mol. The minimum absolute atomic E-state index is 0.00811. The van der Waals surface area contributed by atoms with Gasteiger partial charge in [-0.1, -0.05) is 48.5 Å². The third-order valence-electron chi connectivity index (χ3n) is 6.44. The highest BCUT2D eigenvalue weighted by Gasteiger charge is 2.51. The van der Waals surface area contributed by atoms with E-state index in [4.69, 9.17) is 4.74 Å². The van der Waals surface area contributed by atoms with Crippen LogP contribution in [0.4, 0.5) is 4.79 Å². The highest BCUT2D eigenvalue weighted by atomic mass is 32.1. The summed E-state index contributed by atoms with van der Waals surface area (Å²) >= 11 is 1.59. The zero-order valence-electron chi connectivity index (χ0n) is 17.1. The van der Waals surface area contributed by atoms with Crippen molar-refractivity contribution in [3.63, 3.8) is 0 Å². The van der Waals surface area contributed by atoms with Crippen LogP contribution in [-0.2, 0) is 15.1 Å². The maximum atomic E-state index is 12.8. The summed E-state index contributed by atoms with van der Waals surface area (Å²) in [5.41, 5.74) is 4.02. The number of alkyl carbamates (subject to hydrolysis) is 1. The van der Waals surface area contributed by atoms with E-state index in [0.29, 0.717) is 12.8 Å². The van der Waals surface area contributed by atoms with Crippen LogP contribution in [0.25, 0.3) is 11.1 Å². The number of nitrogens with one attached hydrogen (secondary N) is 1. The Balaban J connectivity index is 1.32. The molecule has 5 rings (SSSR count). The van der Waals surface area contributed by atoms with Crippen molar-refractivity contribution in [1.82, 2.24) is 5.32 Å². The summed E-state index contributed by atoms with van der Waals surface area (Å²) in [6.45, 7) is 2.24. The lowest BCUT2D eigenvalue weighted by Crippen LogP contribution is -2.56. The van der Waals surface area contributed by atoms with E-state index in [0.717, 1.165) is 20.9 Å². The Morgan fingerprint density at radius 2 is 1.65 bits per heavy atom. The second-order valence-electron chi connectivity index (χ2n) is 8.39. The van der Waals surface area contributed by atoms with Crippen LogP contribution < -0.4 is 5.32 Å². The number of benzene rings is 2. The first-order chi connectivity index (χ1) is 15.0. The highest BCUT2D eigenvalue weighted by Crippen LogP contribution is 2.48. The number of fused-ring (bicyclic) bond motifs is 3. The van der Waals surface area contributed by atoms with Crippen molar-refractivity contribution in [1.29, 1.82) is 0 Å². The number of carbonyl (C=O) groups excluding carboxylic acids is 1. The van der Waals surface area contributed by atoms with Gasteiger partial charge < -0.3 is 15.2 Å². The van der Waals surface area contributed by atoms with Gasteiger partial charge in [-0.15, -0.1) is 11.3 Å². The largest absolute Gasteiger partial charge is 0.481 e. The van der Waals surface area contributed by atoms with Crippen LogP contribution in [0.1, 0.15) is 39.6 Å². The lowest BCUT2D eigenvalue weighted by atomic mass is 9.67. The van der Waals surface area contributed by atoms with E-state index >= 15 is 0 Å². The van der Waals surface area contributed by atoms with Gasteiger partial charge in [-0.25, -0.2) is 4.79 Å². The second kappa shape index (κ2) is 7.54. The molecule has 0 atom stereocenters. The molecule has 31 heavy (non-hydrogen) atoms. The molecule has 6 heteroatoms. The van der Waals surface area contributed by atoms with E-state index in [1.54, 1.807) is 11.3 Å². The van der Waals surface area contributed by atoms with Crippen molar-refractivity contribution in [2.45, 2.75) is 31.2 Å². The Kier molecular flexibility index (Phi) is 4.82. The molecule has 1 amide bonds. The van der Waals surface area contributed by atoms with E-state index in [1.165, 1.54) is 11.1 Å². The highest BCUT2D eigenvalue weighted by molar-refractivity contribution is 7.12. The Hall–Kier alpha value is -3.12. The fourth-order valence-corrected chi connectivity index (χ4v) is 5.87. The first kappa shape index (κ1) is 19.8.